The number of fused-ring (bicyclic) bond motifs is 7. The number of furan rings is 2. The van der Waals surface area contributed by atoms with Crippen molar-refractivity contribution in [1.82, 2.24) is 19.5 Å². The fourth-order valence-electron chi connectivity index (χ4n) is 7.39. The summed E-state index contributed by atoms with van der Waals surface area (Å²) in [6, 6.07) is 47.1. The van der Waals surface area contributed by atoms with Gasteiger partial charge in [-0.2, -0.15) is 0 Å². The Bertz CT molecular complexity index is 3080. The molecule has 0 atom stereocenters. The van der Waals surface area contributed by atoms with Gasteiger partial charge in [0.2, 0.25) is 5.71 Å². The molecule has 279 valence electrons. The van der Waals surface area contributed by atoms with Crippen LogP contribution < -0.4 is 4.40 Å². The van der Waals surface area contributed by atoms with Crippen LogP contribution in [0.3, 0.4) is 0 Å². The van der Waals surface area contributed by atoms with E-state index in [-0.39, 0.29) is 20.1 Å². The molecule has 0 aliphatic carbocycles. The summed E-state index contributed by atoms with van der Waals surface area (Å²) in [6.07, 6.45) is 2.00. The third-order valence-electron chi connectivity index (χ3n) is 10.1. The molecule has 0 fully saturated rings. The van der Waals surface area contributed by atoms with E-state index in [4.69, 9.17) is 15.2 Å². The van der Waals surface area contributed by atoms with Crippen LogP contribution in [0.25, 0.3) is 83.4 Å². The molecule has 0 saturated carbocycles. The number of pyridine rings is 2. The average molecular weight is 971 g/mol. The van der Waals surface area contributed by atoms with E-state index in [1.165, 1.54) is 4.40 Å². The molecule has 10 rings (SSSR count). The molecule has 0 unspecified atom stereocenters. The smallest absolute Gasteiger partial charge is 0 e. The molecular weight excluding hydrogens is 929 g/mol. The molecule has 5 aromatic carbocycles. The molecule has 0 amide bonds. The molecule has 1 radical (unpaired) electrons. The van der Waals surface area contributed by atoms with E-state index in [9.17, 15) is 0 Å². The molecule has 0 bridgehead atoms. The van der Waals surface area contributed by atoms with E-state index in [1.807, 2.05) is 106 Å². The van der Waals surface area contributed by atoms with Crippen LogP contribution in [0.4, 0.5) is 0 Å². The Morgan fingerprint density at radius 1 is 0.732 bits per heavy atom. The molecule has 56 heavy (non-hydrogen) atoms. The van der Waals surface area contributed by atoms with E-state index in [2.05, 4.69) is 86.4 Å². The first-order chi connectivity index (χ1) is 27.0. The summed E-state index contributed by atoms with van der Waals surface area (Å²) >= 11 is -2.03. The molecule has 0 saturated heterocycles. The molecule has 0 N–H and O–H groups in total. The first-order valence-corrected chi connectivity index (χ1v) is 25.9. The third-order valence-corrected chi connectivity index (χ3v) is 14.3. The molecule has 10 aromatic rings. The van der Waals surface area contributed by atoms with Gasteiger partial charge in [0.1, 0.15) is 5.58 Å². The Balaban J connectivity index is 0.000000186. The number of hydrogen-bond acceptors (Lipinski definition) is 5. The number of imidazole rings is 1. The summed E-state index contributed by atoms with van der Waals surface area (Å²) in [5, 5.41) is 4.13. The summed E-state index contributed by atoms with van der Waals surface area (Å²) in [7, 11) is 0. The number of aromatic nitrogens is 4. The predicted octanol–water partition coefficient (Wildman–Crippen LogP) is 12.2. The van der Waals surface area contributed by atoms with E-state index in [0.717, 1.165) is 88.9 Å². The first kappa shape index (κ1) is 36.3. The summed E-state index contributed by atoms with van der Waals surface area (Å²) < 4.78 is 24.6. The second kappa shape index (κ2) is 15.0. The summed E-state index contributed by atoms with van der Waals surface area (Å²) in [6.45, 7) is 5.88. The quantitative estimate of drug-likeness (QED) is 0.127. The largest absolute Gasteiger partial charge is 0 e. The molecule has 6 nitrogen and oxygen atoms in total. The van der Waals surface area contributed by atoms with Crippen LogP contribution in [0.5, 0.6) is 0 Å². The van der Waals surface area contributed by atoms with Crippen molar-refractivity contribution in [3.63, 3.8) is 0 Å². The second-order valence-corrected chi connectivity index (χ2v) is 25.7. The van der Waals surface area contributed by atoms with E-state index in [1.54, 1.807) is 0 Å². The van der Waals surface area contributed by atoms with E-state index in [0.29, 0.717) is 5.71 Å². The summed E-state index contributed by atoms with van der Waals surface area (Å²) in [5.41, 5.74) is 10.5. The average Bonchev–Trinajstić information content (AvgIpc) is 3.89. The molecule has 5 aromatic heterocycles. The van der Waals surface area contributed by atoms with Crippen molar-refractivity contribution < 1.29 is 30.3 Å². The topological polar surface area (TPSA) is 69.9 Å². The SMILES string of the molecule is Cc1ccc2c(n1)oc1c(-c3nc4ccccc4n3-c3cccc4c3oc3ccccc34)[c-]ccc12.[2H]C(C)(C)c1cc(-c2[c-]cccc2)nc[c]1[Ge]([CH3])([CH3])[CH3].[Ir]. The second-order valence-electron chi connectivity index (χ2n) is 15.2. The number of nitrogens with zero attached hydrogens (tertiary/aromatic N) is 4. The Labute approximate surface area is 343 Å². The van der Waals surface area contributed by atoms with Crippen molar-refractivity contribution in [3.8, 4) is 28.3 Å². The van der Waals surface area contributed by atoms with Gasteiger partial charge in [0.15, 0.2) is 5.58 Å². The maximum atomic E-state index is 8.44. The number of rotatable bonds is 5. The van der Waals surface area contributed by atoms with Gasteiger partial charge in [0, 0.05) is 42.0 Å². The number of benzene rings is 5. The van der Waals surface area contributed by atoms with Gasteiger partial charge in [-0.05, 0) is 43.3 Å². The minimum absolute atomic E-state index is 0. The zero-order valence-electron chi connectivity index (χ0n) is 33.1. The number of para-hydroxylation sites is 4. The molecule has 0 aliphatic rings. The van der Waals surface area contributed by atoms with Crippen molar-refractivity contribution in [2.75, 3.05) is 0 Å². The van der Waals surface area contributed by atoms with Crippen molar-refractivity contribution in [1.29, 1.82) is 0 Å². The van der Waals surface area contributed by atoms with Crippen molar-refractivity contribution in [3.05, 3.63) is 151 Å². The monoisotopic (exact) mass is 972 g/mol. The van der Waals surface area contributed by atoms with Crippen LogP contribution in [-0.2, 0) is 20.1 Å². The molecular formula is C48H40GeIrN4O2-2. The maximum Gasteiger partial charge on any atom is 0 e. The Kier molecular flexibility index (Phi) is 9.70. The van der Waals surface area contributed by atoms with Crippen LogP contribution in [0.2, 0.25) is 17.3 Å². The Hall–Kier alpha value is -5.34. The molecule has 5 heterocycles. The van der Waals surface area contributed by atoms with Crippen LogP contribution in [0.1, 0.15) is 32.4 Å². The first-order valence-electron chi connectivity index (χ1n) is 19.0. The zero-order chi connectivity index (χ0) is 38.8. The van der Waals surface area contributed by atoms with Crippen LogP contribution in [0.15, 0.2) is 136 Å². The van der Waals surface area contributed by atoms with Crippen molar-refractivity contribution in [2.45, 2.75) is 43.9 Å². The van der Waals surface area contributed by atoms with Crippen molar-refractivity contribution in [2.24, 2.45) is 0 Å². The van der Waals surface area contributed by atoms with Gasteiger partial charge in [0.25, 0.3) is 0 Å². The van der Waals surface area contributed by atoms with Crippen LogP contribution in [-0.4, -0.2) is 32.8 Å². The van der Waals surface area contributed by atoms with Gasteiger partial charge in [-0.1, -0.05) is 53.4 Å². The fourth-order valence-corrected chi connectivity index (χ4v) is 10.7. The third kappa shape index (κ3) is 6.68. The number of aryl methyl sites for hydroxylation is 1. The van der Waals surface area contributed by atoms with Crippen LogP contribution in [0, 0.1) is 19.1 Å². The summed E-state index contributed by atoms with van der Waals surface area (Å²) in [4.78, 5) is 14.3. The van der Waals surface area contributed by atoms with Gasteiger partial charge in [-0.15, -0.1) is 18.2 Å². The molecule has 0 aliphatic heterocycles. The maximum absolute atomic E-state index is 8.44. The fraction of sp³-hybridized carbons (Fsp3) is 0.146. The van der Waals surface area contributed by atoms with Gasteiger partial charge in [0.05, 0.1) is 28.1 Å². The van der Waals surface area contributed by atoms with Crippen LogP contribution >= 0.6 is 0 Å². The molecule has 8 heteroatoms. The standard InChI is InChI=1S/C31H18N3O2.C17H22GeN.Ir/c1-18-16-17-22-21-9-6-11-23(28(21)36-31(22)32-18)30-33-24-12-3-4-13-25(24)34(30)26-14-7-10-20-19-8-2-5-15-27(19)35-29(20)26;1-13(2)15-11-17(14-9-7-6-8-10-14)19-12-16(15)18(3,4)5;/h2-10,12-17H,1H3;6-9,11-13H,1-5H3;/q2*-1;/i;13D;. The van der Waals surface area contributed by atoms with E-state index < -0.39 is 19.2 Å². The Morgan fingerprint density at radius 3 is 2.30 bits per heavy atom. The minimum Gasteiger partial charge on any atom is 0 e. The normalized spacial score (nSPS) is 12.2. The van der Waals surface area contributed by atoms with Gasteiger partial charge < -0.3 is 13.4 Å². The summed E-state index contributed by atoms with van der Waals surface area (Å²) in [5.74, 6) is 7.19. The van der Waals surface area contributed by atoms with Gasteiger partial charge in [-0.25, -0.2) is 4.98 Å². The van der Waals surface area contributed by atoms with Gasteiger partial charge >= 0.3 is 120 Å². The predicted molar refractivity (Wildman–Crippen MR) is 228 cm³/mol. The zero-order valence-corrected chi connectivity index (χ0v) is 36.6. The van der Waals surface area contributed by atoms with Gasteiger partial charge in [-0.3, -0.25) is 4.98 Å². The minimum atomic E-state index is -2.03. The molecule has 0 spiro atoms. The van der Waals surface area contributed by atoms with Crippen molar-refractivity contribution >= 4 is 72.7 Å². The van der Waals surface area contributed by atoms with E-state index >= 15 is 0 Å². The number of hydrogen-bond donors (Lipinski definition) is 0. The Morgan fingerprint density at radius 2 is 1.50 bits per heavy atom.